The average molecular weight is 251 g/mol. The summed E-state index contributed by atoms with van der Waals surface area (Å²) in [5.41, 5.74) is 3.73. The normalized spacial score (nSPS) is 12.1. The Hall–Kier alpha value is -1.86. The van der Waals surface area contributed by atoms with Gasteiger partial charge < -0.3 is 5.32 Å². The molecule has 0 fully saturated rings. The van der Waals surface area contributed by atoms with E-state index >= 15 is 0 Å². The molecule has 0 heterocycles. The van der Waals surface area contributed by atoms with E-state index in [-0.39, 0.29) is 0 Å². The summed E-state index contributed by atoms with van der Waals surface area (Å²) in [7, 11) is 0. The lowest BCUT2D eigenvalue weighted by atomic mass is 10.0. The maximum absolute atomic E-state index is 4.13. The highest BCUT2D eigenvalue weighted by molar-refractivity contribution is 5.64. The molecule has 0 radical (unpaired) electrons. The van der Waals surface area contributed by atoms with Crippen LogP contribution < -0.4 is 5.32 Å². The molecule has 2 aromatic carbocycles. The molecule has 1 atom stereocenters. The largest absolute Gasteiger partial charge is 0.312 e. The molecule has 1 unspecified atom stereocenters. The van der Waals surface area contributed by atoms with Crippen LogP contribution in [0.1, 0.15) is 24.0 Å². The molecule has 0 aromatic heterocycles. The Kier molecular flexibility index (Phi) is 4.93. The van der Waals surface area contributed by atoms with Crippen molar-refractivity contribution in [3.05, 3.63) is 78.4 Å². The highest BCUT2D eigenvalue weighted by Gasteiger charge is 2.04. The van der Waals surface area contributed by atoms with E-state index in [1.165, 1.54) is 11.1 Å². The Bertz CT molecular complexity index is 502. The third-order valence-corrected chi connectivity index (χ3v) is 3.34. The molecule has 0 aliphatic carbocycles. The van der Waals surface area contributed by atoms with Crippen LogP contribution in [-0.4, -0.2) is 13.1 Å². The molecule has 0 spiro atoms. The Labute approximate surface area is 116 Å². The molecule has 19 heavy (non-hydrogen) atoms. The van der Waals surface area contributed by atoms with Crippen molar-refractivity contribution in [1.29, 1.82) is 0 Å². The standard InChI is InChI=1S/C18H21N/c1-15(17-9-5-3-6-10-17)13-19-14-16(2)18-11-7-4-8-12-18/h3-12,16,19H,1,13-14H2,2H3. The summed E-state index contributed by atoms with van der Waals surface area (Å²) in [5.74, 6) is 0.518. The second-order valence-corrected chi connectivity index (χ2v) is 4.91. The molecule has 1 N–H and O–H groups in total. The summed E-state index contributed by atoms with van der Waals surface area (Å²) < 4.78 is 0. The van der Waals surface area contributed by atoms with Crippen LogP contribution in [0.5, 0.6) is 0 Å². The maximum atomic E-state index is 4.13. The monoisotopic (exact) mass is 251 g/mol. The van der Waals surface area contributed by atoms with Crippen LogP contribution in [0.15, 0.2) is 67.2 Å². The van der Waals surface area contributed by atoms with Gasteiger partial charge in [-0.15, -0.1) is 0 Å². The Morgan fingerprint density at radius 2 is 1.58 bits per heavy atom. The minimum absolute atomic E-state index is 0.518. The van der Waals surface area contributed by atoms with Gasteiger partial charge in [-0.25, -0.2) is 0 Å². The Morgan fingerprint density at radius 3 is 2.21 bits per heavy atom. The topological polar surface area (TPSA) is 12.0 Å². The van der Waals surface area contributed by atoms with Crippen LogP contribution in [0.2, 0.25) is 0 Å². The SMILES string of the molecule is C=C(CNCC(C)c1ccccc1)c1ccccc1. The molecule has 2 aromatic rings. The summed E-state index contributed by atoms with van der Waals surface area (Å²) in [4.78, 5) is 0. The van der Waals surface area contributed by atoms with Gasteiger partial charge in [0.1, 0.15) is 0 Å². The first-order valence-corrected chi connectivity index (χ1v) is 6.76. The summed E-state index contributed by atoms with van der Waals surface area (Å²) in [5, 5.41) is 3.48. The molecule has 0 bridgehead atoms. The van der Waals surface area contributed by atoms with Gasteiger partial charge in [-0.05, 0) is 22.6 Å². The highest BCUT2D eigenvalue weighted by Crippen LogP contribution is 2.14. The van der Waals surface area contributed by atoms with Crippen molar-refractivity contribution in [2.45, 2.75) is 12.8 Å². The predicted octanol–water partition coefficient (Wildman–Crippen LogP) is 4.09. The molecular formula is C18H21N. The fraction of sp³-hybridized carbons (Fsp3) is 0.222. The lowest BCUT2D eigenvalue weighted by Gasteiger charge is -2.14. The molecule has 0 aliphatic heterocycles. The molecule has 0 aliphatic rings. The van der Waals surface area contributed by atoms with Crippen LogP contribution in [0.25, 0.3) is 5.57 Å². The number of rotatable bonds is 6. The first-order valence-electron chi connectivity index (χ1n) is 6.76. The lowest BCUT2D eigenvalue weighted by molar-refractivity contribution is 0.655. The van der Waals surface area contributed by atoms with Crippen LogP contribution in [-0.2, 0) is 0 Å². The summed E-state index contributed by atoms with van der Waals surface area (Å²) in [6.45, 7) is 8.18. The van der Waals surface area contributed by atoms with Gasteiger partial charge in [0, 0.05) is 13.1 Å². The van der Waals surface area contributed by atoms with E-state index in [0.717, 1.165) is 18.7 Å². The van der Waals surface area contributed by atoms with Gasteiger partial charge in [-0.2, -0.15) is 0 Å². The fourth-order valence-electron chi connectivity index (χ4n) is 2.11. The van der Waals surface area contributed by atoms with Crippen LogP contribution in [0, 0.1) is 0 Å². The van der Waals surface area contributed by atoms with Gasteiger partial charge in [0.15, 0.2) is 0 Å². The van der Waals surface area contributed by atoms with Crippen LogP contribution in [0.4, 0.5) is 0 Å². The van der Waals surface area contributed by atoms with Crippen molar-refractivity contribution in [1.82, 2.24) is 5.32 Å². The Morgan fingerprint density at radius 1 is 1.00 bits per heavy atom. The number of benzene rings is 2. The van der Waals surface area contributed by atoms with Crippen molar-refractivity contribution in [2.75, 3.05) is 13.1 Å². The van der Waals surface area contributed by atoms with Gasteiger partial charge in [0.05, 0.1) is 0 Å². The van der Waals surface area contributed by atoms with Gasteiger partial charge in [-0.3, -0.25) is 0 Å². The van der Waals surface area contributed by atoms with Crippen molar-refractivity contribution >= 4 is 5.57 Å². The zero-order valence-corrected chi connectivity index (χ0v) is 11.5. The summed E-state index contributed by atoms with van der Waals surface area (Å²) in [6.07, 6.45) is 0. The molecule has 98 valence electrons. The highest BCUT2D eigenvalue weighted by atomic mass is 14.9. The molecule has 1 heteroatoms. The fourth-order valence-corrected chi connectivity index (χ4v) is 2.11. The van der Waals surface area contributed by atoms with E-state index in [4.69, 9.17) is 0 Å². The predicted molar refractivity (Wildman–Crippen MR) is 83.2 cm³/mol. The van der Waals surface area contributed by atoms with Crippen molar-refractivity contribution in [3.8, 4) is 0 Å². The van der Waals surface area contributed by atoms with Crippen molar-refractivity contribution in [3.63, 3.8) is 0 Å². The first-order chi connectivity index (χ1) is 9.27. The smallest absolute Gasteiger partial charge is 0.0205 e. The zero-order chi connectivity index (χ0) is 13.5. The van der Waals surface area contributed by atoms with E-state index < -0.39 is 0 Å². The number of hydrogen-bond donors (Lipinski definition) is 1. The average Bonchev–Trinajstić information content (AvgIpc) is 2.49. The van der Waals surface area contributed by atoms with Gasteiger partial charge in [-0.1, -0.05) is 74.2 Å². The number of nitrogens with one attached hydrogen (secondary N) is 1. The van der Waals surface area contributed by atoms with Crippen molar-refractivity contribution in [2.24, 2.45) is 0 Å². The quantitative estimate of drug-likeness (QED) is 0.815. The van der Waals surface area contributed by atoms with E-state index in [9.17, 15) is 0 Å². The van der Waals surface area contributed by atoms with Gasteiger partial charge in [0.25, 0.3) is 0 Å². The summed E-state index contributed by atoms with van der Waals surface area (Å²) in [6, 6.07) is 20.9. The molecule has 2 rings (SSSR count). The van der Waals surface area contributed by atoms with E-state index in [2.05, 4.69) is 61.3 Å². The minimum Gasteiger partial charge on any atom is -0.312 e. The first kappa shape index (κ1) is 13.6. The molecule has 0 amide bonds. The molecule has 0 saturated heterocycles. The third kappa shape index (κ3) is 4.08. The second kappa shape index (κ2) is 6.91. The van der Waals surface area contributed by atoms with E-state index in [0.29, 0.717) is 5.92 Å². The zero-order valence-electron chi connectivity index (χ0n) is 11.5. The van der Waals surface area contributed by atoms with Gasteiger partial charge in [0.2, 0.25) is 0 Å². The number of hydrogen-bond acceptors (Lipinski definition) is 1. The minimum atomic E-state index is 0.518. The lowest BCUT2D eigenvalue weighted by Crippen LogP contribution is -2.21. The Balaban J connectivity index is 1.79. The summed E-state index contributed by atoms with van der Waals surface area (Å²) >= 11 is 0. The molecular weight excluding hydrogens is 230 g/mol. The molecule has 1 nitrogen and oxygen atoms in total. The molecule has 0 saturated carbocycles. The van der Waals surface area contributed by atoms with Crippen LogP contribution >= 0.6 is 0 Å². The van der Waals surface area contributed by atoms with Gasteiger partial charge >= 0.3 is 0 Å². The third-order valence-electron chi connectivity index (χ3n) is 3.34. The van der Waals surface area contributed by atoms with E-state index in [1.807, 2.05) is 18.2 Å². The van der Waals surface area contributed by atoms with Crippen LogP contribution in [0.3, 0.4) is 0 Å². The van der Waals surface area contributed by atoms with Crippen molar-refractivity contribution < 1.29 is 0 Å². The maximum Gasteiger partial charge on any atom is 0.0205 e. The second-order valence-electron chi connectivity index (χ2n) is 4.91. The van der Waals surface area contributed by atoms with E-state index in [1.54, 1.807) is 0 Å².